The van der Waals surface area contributed by atoms with Crippen molar-refractivity contribution in [3.8, 4) is 0 Å². The van der Waals surface area contributed by atoms with Gasteiger partial charge in [0.15, 0.2) is 0 Å². The van der Waals surface area contributed by atoms with Crippen LogP contribution >= 0.6 is 0 Å². The molecule has 0 aliphatic carbocycles. The Hall–Kier alpha value is -2.49. The SMILES string of the molecule is O=C(NCCn1cccc1)c1ccc2cc[nH]c2c1. The van der Waals surface area contributed by atoms with Crippen LogP contribution in [0.1, 0.15) is 10.4 Å². The van der Waals surface area contributed by atoms with Gasteiger partial charge in [-0.2, -0.15) is 0 Å². The number of nitrogens with zero attached hydrogens (tertiary/aromatic N) is 1. The smallest absolute Gasteiger partial charge is 0.251 e. The van der Waals surface area contributed by atoms with E-state index in [1.54, 1.807) is 0 Å². The third kappa shape index (κ3) is 2.52. The van der Waals surface area contributed by atoms with Crippen molar-refractivity contribution in [3.05, 3.63) is 60.6 Å². The molecule has 3 rings (SSSR count). The molecule has 0 aliphatic heterocycles. The molecule has 2 aromatic heterocycles. The molecule has 4 heteroatoms. The zero-order chi connectivity index (χ0) is 13.1. The Kier molecular flexibility index (Phi) is 3.06. The van der Waals surface area contributed by atoms with Crippen molar-refractivity contribution in [1.29, 1.82) is 0 Å². The number of H-pyrrole nitrogens is 1. The van der Waals surface area contributed by atoms with Crippen molar-refractivity contribution >= 4 is 16.8 Å². The van der Waals surface area contributed by atoms with Gasteiger partial charge in [-0.15, -0.1) is 0 Å². The maximum atomic E-state index is 12.0. The average molecular weight is 253 g/mol. The Morgan fingerprint density at radius 2 is 2.05 bits per heavy atom. The monoisotopic (exact) mass is 253 g/mol. The number of rotatable bonds is 4. The maximum Gasteiger partial charge on any atom is 0.251 e. The van der Waals surface area contributed by atoms with Crippen LogP contribution in [0.3, 0.4) is 0 Å². The average Bonchev–Trinajstić information content (AvgIpc) is 3.08. The topological polar surface area (TPSA) is 49.8 Å². The number of carbonyl (C=O) groups is 1. The molecule has 0 unspecified atom stereocenters. The highest BCUT2D eigenvalue weighted by atomic mass is 16.1. The molecule has 0 bridgehead atoms. The van der Waals surface area contributed by atoms with Crippen LogP contribution in [0.25, 0.3) is 10.9 Å². The molecule has 2 heterocycles. The summed E-state index contributed by atoms with van der Waals surface area (Å²) >= 11 is 0. The van der Waals surface area contributed by atoms with E-state index >= 15 is 0 Å². The quantitative estimate of drug-likeness (QED) is 0.737. The normalized spacial score (nSPS) is 10.7. The van der Waals surface area contributed by atoms with Crippen molar-refractivity contribution in [2.24, 2.45) is 0 Å². The minimum absolute atomic E-state index is 0.0383. The van der Waals surface area contributed by atoms with Crippen LogP contribution in [0, 0.1) is 0 Å². The van der Waals surface area contributed by atoms with E-state index in [0.29, 0.717) is 12.1 Å². The van der Waals surface area contributed by atoms with Crippen LogP contribution in [-0.4, -0.2) is 22.0 Å². The van der Waals surface area contributed by atoms with Gasteiger partial charge in [-0.05, 0) is 35.7 Å². The number of fused-ring (bicyclic) bond motifs is 1. The molecule has 96 valence electrons. The first-order valence-electron chi connectivity index (χ1n) is 6.29. The van der Waals surface area contributed by atoms with E-state index in [-0.39, 0.29) is 5.91 Å². The van der Waals surface area contributed by atoms with Gasteiger partial charge in [0.25, 0.3) is 5.91 Å². The van der Waals surface area contributed by atoms with E-state index in [1.165, 1.54) is 0 Å². The molecule has 0 radical (unpaired) electrons. The summed E-state index contributed by atoms with van der Waals surface area (Å²) < 4.78 is 2.04. The van der Waals surface area contributed by atoms with Crippen LogP contribution < -0.4 is 5.32 Å². The molecule has 0 spiro atoms. The van der Waals surface area contributed by atoms with Crippen molar-refractivity contribution < 1.29 is 4.79 Å². The maximum absolute atomic E-state index is 12.0. The number of benzene rings is 1. The van der Waals surface area contributed by atoms with Crippen molar-refractivity contribution in [2.45, 2.75) is 6.54 Å². The summed E-state index contributed by atoms with van der Waals surface area (Å²) in [5, 5.41) is 4.04. The van der Waals surface area contributed by atoms with Gasteiger partial charge in [0, 0.05) is 42.8 Å². The highest BCUT2D eigenvalue weighted by molar-refractivity contribution is 5.97. The Labute approximate surface area is 111 Å². The predicted octanol–water partition coefficient (Wildman–Crippen LogP) is 2.40. The third-order valence-corrected chi connectivity index (χ3v) is 3.14. The molecular weight excluding hydrogens is 238 g/mol. The summed E-state index contributed by atoms with van der Waals surface area (Å²) in [4.78, 5) is 15.1. The third-order valence-electron chi connectivity index (χ3n) is 3.14. The molecular formula is C15H15N3O. The highest BCUT2D eigenvalue weighted by Crippen LogP contribution is 2.13. The highest BCUT2D eigenvalue weighted by Gasteiger charge is 2.05. The van der Waals surface area contributed by atoms with Gasteiger partial charge >= 0.3 is 0 Å². The van der Waals surface area contributed by atoms with E-state index < -0.39 is 0 Å². The number of hydrogen-bond donors (Lipinski definition) is 2. The molecule has 0 saturated carbocycles. The van der Waals surface area contributed by atoms with Gasteiger partial charge < -0.3 is 14.9 Å². The molecule has 19 heavy (non-hydrogen) atoms. The number of nitrogens with one attached hydrogen (secondary N) is 2. The number of carbonyl (C=O) groups excluding carboxylic acids is 1. The summed E-state index contributed by atoms with van der Waals surface area (Å²) in [7, 11) is 0. The lowest BCUT2D eigenvalue weighted by Gasteiger charge is -2.06. The second-order valence-corrected chi connectivity index (χ2v) is 4.46. The molecule has 4 nitrogen and oxygen atoms in total. The standard InChI is InChI=1S/C15H15N3O/c19-15(17-7-10-18-8-1-2-9-18)13-4-3-12-5-6-16-14(12)11-13/h1-6,8-9,11,16H,7,10H2,(H,17,19). The first kappa shape index (κ1) is 11.6. The zero-order valence-corrected chi connectivity index (χ0v) is 10.5. The van der Waals surface area contributed by atoms with Gasteiger partial charge in [0.2, 0.25) is 0 Å². The number of hydrogen-bond acceptors (Lipinski definition) is 1. The van der Waals surface area contributed by atoms with E-state index in [1.807, 2.05) is 59.6 Å². The second-order valence-electron chi connectivity index (χ2n) is 4.46. The first-order chi connectivity index (χ1) is 9.33. The number of aromatic nitrogens is 2. The van der Waals surface area contributed by atoms with E-state index in [0.717, 1.165) is 17.4 Å². The Morgan fingerprint density at radius 1 is 1.21 bits per heavy atom. The minimum atomic E-state index is -0.0383. The zero-order valence-electron chi connectivity index (χ0n) is 10.5. The lowest BCUT2D eigenvalue weighted by Crippen LogP contribution is -2.26. The molecule has 1 aromatic carbocycles. The lowest BCUT2D eigenvalue weighted by atomic mass is 10.1. The van der Waals surface area contributed by atoms with Gasteiger partial charge in [-0.25, -0.2) is 0 Å². The number of aromatic amines is 1. The number of amides is 1. The molecule has 1 amide bonds. The molecule has 0 saturated heterocycles. The van der Waals surface area contributed by atoms with E-state index in [2.05, 4.69) is 10.3 Å². The minimum Gasteiger partial charge on any atom is -0.361 e. The first-order valence-corrected chi connectivity index (χ1v) is 6.29. The van der Waals surface area contributed by atoms with E-state index in [9.17, 15) is 4.79 Å². The van der Waals surface area contributed by atoms with Crippen LogP contribution in [0.4, 0.5) is 0 Å². The summed E-state index contributed by atoms with van der Waals surface area (Å²) in [6, 6.07) is 11.6. The van der Waals surface area contributed by atoms with Crippen LogP contribution in [0.5, 0.6) is 0 Å². The van der Waals surface area contributed by atoms with Crippen LogP contribution in [-0.2, 0) is 6.54 Å². The fraction of sp³-hybridized carbons (Fsp3) is 0.133. The molecule has 3 aromatic rings. The molecule has 0 aliphatic rings. The fourth-order valence-corrected chi connectivity index (χ4v) is 2.11. The van der Waals surface area contributed by atoms with Crippen LogP contribution in [0.2, 0.25) is 0 Å². The Bertz CT molecular complexity index is 682. The second kappa shape index (κ2) is 5.02. The Morgan fingerprint density at radius 3 is 2.89 bits per heavy atom. The Balaban J connectivity index is 1.63. The summed E-state index contributed by atoms with van der Waals surface area (Å²) in [5.74, 6) is -0.0383. The van der Waals surface area contributed by atoms with Crippen molar-refractivity contribution in [3.63, 3.8) is 0 Å². The van der Waals surface area contributed by atoms with Crippen molar-refractivity contribution in [1.82, 2.24) is 14.9 Å². The molecule has 2 N–H and O–H groups in total. The van der Waals surface area contributed by atoms with Crippen molar-refractivity contribution in [2.75, 3.05) is 6.54 Å². The lowest BCUT2D eigenvalue weighted by molar-refractivity contribution is 0.0952. The van der Waals surface area contributed by atoms with Gasteiger partial charge in [-0.1, -0.05) is 6.07 Å². The fourth-order valence-electron chi connectivity index (χ4n) is 2.11. The van der Waals surface area contributed by atoms with Crippen LogP contribution in [0.15, 0.2) is 55.0 Å². The summed E-state index contributed by atoms with van der Waals surface area (Å²) in [6.07, 6.45) is 5.84. The molecule has 0 fully saturated rings. The predicted molar refractivity (Wildman–Crippen MR) is 75.1 cm³/mol. The largest absolute Gasteiger partial charge is 0.361 e. The molecule has 0 atom stereocenters. The van der Waals surface area contributed by atoms with Gasteiger partial charge in [0.1, 0.15) is 0 Å². The summed E-state index contributed by atoms with van der Waals surface area (Å²) in [6.45, 7) is 1.40. The van der Waals surface area contributed by atoms with Gasteiger partial charge in [0.05, 0.1) is 0 Å². The summed E-state index contributed by atoms with van der Waals surface area (Å²) in [5.41, 5.74) is 1.67. The van der Waals surface area contributed by atoms with Gasteiger partial charge in [-0.3, -0.25) is 4.79 Å². The van der Waals surface area contributed by atoms with E-state index in [4.69, 9.17) is 0 Å².